The van der Waals surface area contributed by atoms with Crippen LogP contribution >= 0.6 is 0 Å². The van der Waals surface area contributed by atoms with Gasteiger partial charge in [0.25, 0.3) is 0 Å². The average molecular weight is 210 g/mol. The highest BCUT2D eigenvalue weighted by Gasteiger charge is 2.40. The number of fused-ring (bicyclic) bond motifs is 1. The van der Waals surface area contributed by atoms with E-state index in [2.05, 4.69) is 37.7 Å². The Labute approximate surface area is 94.6 Å². The van der Waals surface area contributed by atoms with Crippen molar-refractivity contribution < 1.29 is 0 Å². The van der Waals surface area contributed by atoms with Gasteiger partial charge in [-0.2, -0.15) is 0 Å². The molecule has 88 valence electrons. The molecule has 1 aliphatic heterocycles. The van der Waals surface area contributed by atoms with Crippen molar-refractivity contribution in [2.45, 2.75) is 45.2 Å². The minimum atomic E-state index is 0.711. The van der Waals surface area contributed by atoms with E-state index in [1.165, 1.54) is 32.4 Å². The highest BCUT2D eigenvalue weighted by Crippen LogP contribution is 2.46. The lowest BCUT2D eigenvalue weighted by atomic mass is 10.0. The second-order valence-electron chi connectivity index (χ2n) is 5.99. The molecule has 0 bridgehead atoms. The van der Waals surface area contributed by atoms with Crippen LogP contribution in [0, 0.1) is 11.8 Å². The summed E-state index contributed by atoms with van der Waals surface area (Å²) in [4.78, 5) is 5.09. The second kappa shape index (κ2) is 4.42. The Hall–Kier alpha value is -0.0800. The highest BCUT2D eigenvalue weighted by molar-refractivity contribution is 4.93. The van der Waals surface area contributed by atoms with Crippen molar-refractivity contribution in [1.29, 1.82) is 0 Å². The molecule has 0 spiro atoms. The molecule has 0 N–H and O–H groups in total. The molecular weight excluding hydrogens is 184 g/mol. The van der Waals surface area contributed by atoms with Gasteiger partial charge < -0.3 is 4.90 Å². The maximum absolute atomic E-state index is 2.67. The molecule has 0 radical (unpaired) electrons. The smallest absolute Gasteiger partial charge is 0.0219 e. The van der Waals surface area contributed by atoms with E-state index in [1.54, 1.807) is 0 Å². The van der Waals surface area contributed by atoms with Crippen LogP contribution in [0.4, 0.5) is 0 Å². The van der Waals surface area contributed by atoms with Gasteiger partial charge in [-0.3, -0.25) is 4.90 Å². The predicted octanol–water partition coefficient (Wildman–Crippen LogP) is 2.06. The number of nitrogens with zero attached hydrogens (tertiary/aromatic N) is 2. The van der Waals surface area contributed by atoms with E-state index in [4.69, 9.17) is 0 Å². The fourth-order valence-electron chi connectivity index (χ4n) is 2.91. The number of likely N-dealkylation sites (N-methyl/N-ethyl adjacent to an activating group) is 1. The lowest BCUT2D eigenvalue weighted by Crippen LogP contribution is -2.45. The largest absolute Gasteiger partial charge is 0.305 e. The van der Waals surface area contributed by atoms with Crippen molar-refractivity contribution in [1.82, 2.24) is 9.80 Å². The summed E-state index contributed by atoms with van der Waals surface area (Å²) >= 11 is 0. The topological polar surface area (TPSA) is 6.48 Å². The van der Waals surface area contributed by atoms with Gasteiger partial charge in [0.15, 0.2) is 0 Å². The zero-order valence-electron chi connectivity index (χ0n) is 10.7. The first-order valence-electron chi connectivity index (χ1n) is 6.48. The van der Waals surface area contributed by atoms with Crippen LogP contribution < -0.4 is 0 Å². The Morgan fingerprint density at radius 2 is 1.87 bits per heavy atom. The van der Waals surface area contributed by atoms with Crippen molar-refractivity contribution in [3.8, 4) is 0 Å². The van der Waals surface area contributed by atoms with E-state index in [0.717, 1.165) is 17.9 Å². The molecule has 15 heavy (non-hydrogen) atoms. The molecule has 0 aromatic rings. The number of likely N-dealkylation sites (tertiary alicyclic amines) is 1. The van der Waals surface area contributed by atoms with E-state index in [-0.39, 0.29) is 0 Å². The molecule has 2 rings (SSSR count). The Kier molecular flexibility index (Phi) is 3.36. The summed E-state index contributed by atoms with van der Waals surface area (Å²) in [5, 5.41) is 0. The van der Waals surface area contributed by atoms with Crippen molar-refractivity contribution in [2.24, 2.45) is 11.8 Å². The van der Waals surface area contributed by atoms with Gasteiger partial charge >= 0.3 is 0 Å². The summed E-state index contributed by atoms with van der Waals surface area (Å²) in [5.41, 5.74) is 0. The van der Waals surface area contributed by atoms with Crippen LogP contribution in [-0.2, 0) is 0 Å². The molecule has 2 aliphatic rings. The molecule has 1 aliphatic carbocycles. The fraction of sp³-hybridized carbons (Fsp3) is 1.00. The van der Waals surface area contributed by atoms with E-state index in [1.807, 2.05) is 0 Å². The molecule has 0 aromatic heterocycles. The van der Waals surface area contributed by atoms with Crippen LogP contribution in [0.1, 0.15) is 33.1 Å². The Morgan fingerprint density at radius 3 is 2.47 bits per heavy atom. The molecule has 1 heterocycles. The van der Waals surface area contributed by atoms with Gasteiger partial charge in [0, 0.05) is 18.6 Å². The molecule has 1 saturated heterocycles. The molecule has 3 atom stereocenters. The molecule has 2 nitrogen and oxygen atoms in total. The van der Waals surface area contributed by atoms with E-state index in [9.17, 15) is 0 Å². The molecule has 2 heteroatoms. The van der Waals surface area contributed by atoms with Gasteiger partial charge in [-0.05, 0) is 65.6 Å². The molecular formula is C13H26N2. The lowest BCUT2D eigenvalue weighted by molar-refractivity contribution is 0.129. The normalized spacial score (nSPS) is 37.6. The van der Waals surface area contributed by atoms with Crippen LogP contribution in [0.25, 0.3) is 0 Å². The van der Waals surface area contributed by atoms with Crippen molar-refractivity contribution >= 4 is 0 Å². The molecule has 2 fully saturated rings. The Bertz CT molecular complexity index is 213. The van der Waals surface area contributed by atoms with Crippen LogP contribution in [0.5, 0.6) is 0 Å². The Balaban J connectivity index is 1.98. The number of hydrogen-bond donors (Lipinski definition) is 0. The maximum Gasteiger partial charge on any atom is 0.0219 e. The first-order valence-corrected chi connectivity index (χ1v) is 6.48. The third kappa shape index (κ3) is 2.73. The molecule has 1 saturated carbocycles. The van der Waals surface area contributed by atoms with Gasteiger partial charge in [0.1, 0.15) is 0 Å². The molecule has 3 unspecified atom stereocenters. The van der Waals surface area contributed by atoms with Crippen LogP contribution in [0.3, 0.4) is 0 Å². The van der Waals surface area contributed by atoms with E-state index < -0.39 is 0 Å². The average Bonchev–Trinajstić information content (AvgIpc) is 2.81. The Morgan fingerprint density at radius 1 is 1.13 bits per heavy atom. The maximum atomic E-state index is 2.67. The van der Waals surface area contributed by atoms with Crippen LogP contribution in [0.15, 0.2) is 0 Å². The van der Waals surface area contributed by atoms with E-state index in [0.29, 0.717) is 6.04 Å². The van der Waals surface area contributed by atoms with Crippen LogP contribution in [-0.4, -0.2) is 49.1 Å². The molecule has 0 amide bonds. The zero-order chi connectivity index (χ0) is 11.0. The number of hydrogen-bond acceptors (Lipinski definition) is 2. The monoisotopic (exact) mass is 210 g/mol. The second-order valence-corrected chi connectivity index (χ2v) is 5.99. The third-order valence-corrected chi connectivity index (χ3v) is 4.34. The standard InChI is InChI=1S/C13H26N2/c1-10(2)15-6-5-11-7-12(11)8-13(9-15)14(3)4/h10-13H,5-9H2,1-4H3. The summed E-state index contributed by atoms with van der Waals surface area (Å²) in [7, 11) is 4.48. The minimum absolute atomic E-state index is 0.711. The quantitative estimate of drug-likeness (QED) is 0.688. The third-order valence-electron chi connectivity index (χ3n) is 4.34. The summed E-state index contributed by atoms with van der Waals surface area (Å²) in [6.07, 6.45) is 4.39. The van der Waals surface area contributed by atoms with Crippen molar-refractivity contribution in [3.63, 3.8) is 0 Å². The van der Waals surface area contributed by atoms with Crippen molar-refractivity contribution in [3.05, 3.63) is 0 Å². The van der Waals surface area contributed by atoms with Gasteiger partial charge in [-0.1, -0.05) is 0 Å². The lowest BCUT2D eigenvalue weighted by Gasteiger charge is -2.35. The summed E-state index contributed by atoms with van der Waals surface area (Å²) in [6, 6.07) is 1.49. The first-order chi connectivity index (χ1) is 7.08. The summed E-state index contributed by atoms with van der Waals surface area (Å²) < 4.78 is 0. The summed E-state index contributed by atoms with van der Waals surface area (Å²) in [5.74, 6) is 2.13. The van der Waals surface area contributed by atoms with Gasteiger partial charge in [-0.25, -0.2) is 0 Å². The zero-order valence-corrected chi connectivity index (χ0v) is 10.7. The summed E-state index contributed by atoms with van der Waals surface area (Å²) in [6.45, 7) is 7.26. The van der Waals surface area contributed by atoms with Gasteiger partial charge in [-0.15, -0.1) is 0 Å². The number of rotatable bonds is 2. The fourth-order valence-corrected chi connectivity index (χ4v) is 2.91. The highest BCUT2D eigenvalue weighted by atomic mass is 15.2. The van der Waals surface area contributed by atoms with Crippen LogP contribution in [0.2, 0.25) is 0 Å². The van der Waals surface area contributed by atoms with Gasteiger partial charge in [0.05, 0.1) is 0 Å². The van der Waals surface area contributed by atoms with Crippen molar-refractivity contribution in [2.75, 3.05) is 27.2 Å². The van der Waals surface area contributed by atoms with Gasteiger partial charge in [0.2, 0.25) is 0 Å². The first kappa shape index (κ1) is 11.4. The predicted molar refractivity (Wildman–Crippen MR) is 65.0 cm³/mol. The SMILES string of the molecule is CC(C)N1CCC2CC2CC(N(C)C)C1. The minimum Gasteiger partial charge on any atom is -0.305 e. The van der Waals surface area contributed by atoms with E-state index >= 15 is 0 Å². The molecule has 0 aromatic carbocycles.